The van der Waals surface area contributed by atoms with Crippen molar-refractivity contribution in [1.82, 2.24) is 4.72 Å². The third-order valence-corrected chi connectivity index (χ3v) is 5.10. The van der Waals surface area contributed by atoms with E-state index in [4.69, 9.17) is 0 Å². The molecule has 2 N–H and O–H groups in total. The second-order valence-electron chi connectivity index (χ2n) is 5.57. The Hall–Kier alpha value is -2.23. The van der Waals surface area contributed by atoms with Gasteiger partial charge in [-0.1, -0.05) is 24.3 Å². The van der Waals surface area contributed by atoms with Crippen molar-refractivity contribution in [2.24, 2.45) is 0 Å². The SMILES string of the molecule is CC(=O)c1ccc(S(=O)(=O)NCC(O)c2ccc(C(F)(F)F)cc2)cc1. The van der Waals surface area contributed by atoms with E-state index in [-0.39, 0.29) is 16.2 Å². The molecular weight excluding hydrogens is 371 g/mol. The van der Waals surface area contributed by atoms with Crippen LogP contribution in [-0.4, -0.2) is 25.9 Å². The number of halogens is 3. The number of ketones is 1. The summed E-state index contributed by atoms with van der Waals surface area (Å²) in [6.45, 7) is 0.935. The smallest absolute Gasteiger partial charge is 0.387 e. The maximum absolute atomic E-state index is 12.5. The van der Waals surface area contributed by atoms with Crippen molar-refractivity contribution in [3.05, 3.63) is 65.2 Å². The molecule has 0 fully saturated rings. The Morgan fingerprint density at radius 2 is 1.62 bits per heavy atom. The monoisotopic (exact) mass is 387 g/mol. The van der Waals surface area contributed by atoms with Crippen molar-refractivity contribution >= 4 is 15.8 Å². The fraction of sp³-hybridized carbons (Fsp3) is 0.235. The molecule has 0 saturated carbocycles. The van der Waals surface area contributed by atoms with E-state index in [1.807, 2.05) is 0 Å². The second kappa shape index (κ2) is 7.56. The van der Waals surface area contributed by atoms with E-state index in [1.165, 1.54) is 31.2 Å². The first-order chi connectivity index (χ1) is 12.0. The normalized spacial score (nSPS) is 13.4. The van der Waals surface area contributed by atoms with Gasteiger partial charge in [-0.2, -0.15) is 13.2 Å². The van der Waals surface area contributed by atoms with Crippen LogP contribution < -0.4 is 4.72 Å². The molecule has 0 amide bonds. The summed E-state index contributed by atoms with van der Waals surface area (Å²) in [5.74, 6) is -0.209. The van der Waals surface area contributed by atoms with Crippen molar-refractivity contribution in [1.29, 1.82) is 0 Å². The van der Waals surface area contributed by atoms with Crippen LogP contribution in [0, 0.1) is 0 Å². The molecule has 26 heavy (non-hydrogen) atoms. The van der Waals surface area contributed by atoms with Crippen molar-refractivity contribution < 1.29 is 31.5 Å². The van der Waals surface area contributed by atoms with Gasteiger partial charge in [0.05, 0.1) is 16.6 Å². The Labute approximate surface area is 148 Å². The summed E-state index contributed by atoms with van der Waals surface area (Å²) in [4.78, 5) is 11.1. The van der Waals surface area contributed by atoms with Crippen LogP contribution in [0.4, 0.5) is 13.2 Å². The van der Waals surface area contributed by atoms with Gasteiger partial charge >= 0.3 is 6.18 Å². The average molecular weight is 387 g/mol. The van der Waals surface area contributed by atoms with E-state index in [9.17, 15) is 31.5 Å². The number of benzene rings is 2. The predicted molar refractivity (Wildman–Crippen MR) is 88.0 cm³/mol. The fourth-order valence-corrected chi connectivity index (χ4v) is 3.19. The van der Waals surface area contributed by atoms with E-state index < -0.39 is 34.4 Å². The quantitative estimate of drug-likeness (QED) is 0.747. The molecule has 0 spiro atoms. The van der Waals surface area contributed by atoms with E-state index in [0.29, 0.717) is 5.56 Å². The Kier molecular flexibility index (Phi) is 5.84. The van der Waals surface area contributed by atoms with E-state index in [1.54, 1.807) is 0 Å². The summed E-state index contributed by atoms with van der Waals surface area (Å²) in [5, 5.41) is 9.99. The molecule has 0 aromatic heterocycles. The number of aliphatic hydroxyl groups is 1. The van der Waals surface area contributed by atoms with Gasteiger partial charge in [0.15, 0.2) is 5.78 Å². The van der Waals surface area contributed by atoms with Gasteiger partial charge < -0.3 is 5.11 Å². The summed E-state index contributed by atoms with van der Waals surface area (Å²) in [6.07, 6.45) is -5.81. The van der Waals surface area contributed by atoms with Crippen LogP contribution in [0.25, 0.3) is 0 Å². The van der Waals surface area contributed by atoms with E-state index >= 15 is 0 Å². The van der Waals surface area contributed by atoms with Gasteiger partial charge in [-0.3, -0.25) is 4.79 Å². The summed E-state index contributed by atoms with van der Waals surface area (Å²) >= 11 is 0. The molecule has 9 heteroatoms. The minimum Gasteiger partial charge on any atom is -0.387 e. The van der Waals surface area contributed by atoms with E-state index in [0.717, 1.165) is 24.3 Å². The number of hydrogen-bond acceptors (Lipinski definition) is 4. The maximum Gasteiger partial charge on any atom is 0.416 e. The molecule has 1 atom stereocenters. The Morgan fingerprint density at radius 1 is 1.08 bits per heavy atom. The fourth-order valence-electron chi connectivity index (χ4n) is 2.15. The van der Waals surface area contributed by atoms with Crippen LogP contribution in [-0.2, 0) is 16.2 Å². The van der Waals surface area contributed by atoms with Gasteiger partial charge in [-0.25, -0.2) is 13.1 Å². The zero-order chi connectivity index (χ0) is 19.5. The summed E-state index contributed by atoms with van der Waals surface area (Å²) in [7, 11) is -3.94. The van der Waals surface area contributed by atoms with Crippen LogP contribution in [0.1, 0.15) is 34.5 Å². The molecule has 0 aliphatic carbocycles. The predicted octanol–water partition coefficient (Wildman–Crippen LogP) is 2.92. The molecule has 0 radical (unpaired) electrons. The number of Topliss-reactive ketones (excluding diaryl/α,β-unsaturated/α-hetero) is 1. The van der Waals surface area contributed by atoms with Gasteiger partial charge in [0.25, 0.3) is 0 Å². The van der Waals surface area contributed by atoms with Crippen molar-refractivity contribution in [3.8, 4) is 0 Å². The van der Waals surface area contributed by atoms with Crippen molar-refractivity contribution in [2.75, 3.05) is 6.54 Å². The van der Waals surface area contributed by atoms with Gasteiger partial charge in [-0.05, 0) is 36.8 Å². The molecule has 0 aliphatic heterocycles. The van der Waals surface area contributed by atoms with Gasteiger partial charge in [0.1, 0.15) is 0 Å². The first kappa shape index (κ1) is 20.1. The third kappa shape index (κ3) is 4.90. The number of hydrogen-bond donors (Lipinski definition) is 2. The number of rotatable bonds is 6. The highest BCUT2D eigenvalue weighted by Crippen LogP contribution is 2.29. The van der Waals surface area contributed by atoms with Crippen molar-refractivity contribution in [2.45, 2.75) is 24.1 Å². The van der Waals surface area contributed by atoms with Crippen molar-refractivity contribution in [3.63, 3.8) is 0 Å². The molecule has 140 valence electrons. The first-order valence-electron chi connectivity index (χ1n) is 7.46. The number of aliphatic hydroxyl groups excluding tert-OH is 1. The number of alkyl halides is 3. The Bertz CT molecular complexity index is 876. The van der Waals surface area contributed by atoms with Crippen LogP contribution in [0.5, 0.6) is 0 Å². The lowest BCUT2D eigenvalue weighted by atomic mass is 10.1. The minimum absolute atomic E-state index is 0.0953. The standard InChI is InChI=1S/C17H16F3NO4S/c1-11(22)12-4-8-15(9-5-12)26(24,25)21-10-16(23)13-2-6-14(7-3-13)17(18,19)20/h2-9,16,21,23H,10H2,1H3. The Morgan fingerprint density at radius 3 is 2.08 bits per heavy atom. The Balaban J connectivity index is 2.05. The highest BCUT2D eigenvalue weighted by Gasteiger charge is 2.30. The molecule has 0 saturated heterocycles. The molecule has 5 nitrogen and oxygen atoms in total. The largest absolute Gasteiger partial charge is 0.416 e. The molecule has 2 aromatic carbocycles. The number of carbonyl (C=O) groups is 1. The highest BCUT2D eigenvalue weighted by atomic mass is 32.2. The second-order valence-corrected chi connectivity index (χ2v) is 7.33. The summed E-state index contributed by atoms with van der Waals surface area (Å²) in [5.41, 5.74) is -0.360. The van der Waals surface area contributed by atoms with Gasteiger partial charge in [-0.15, -0.1) is 0 Å². The molecule has 1 unspecified atom stereocenters. The van der Waals surface area contributed by atoms with Crippen LogP contribution in [0.15, 0.2) is 53.4 Å². The van der Waals surface area contributed by atoms with Gasteiger partial charge in [0.2, 0.25) is 10.0 Å². The molecule has 2 rings (SSSR count). The maximum atomic E-state index is 12.5. The summed E-state index contributed by atoms with van der Waals surface area (Å²) < 4.78 is 64.1. The molecule has 2 aromatic rings. The summed E-state index contributed by atoms with van der Waals surface area (Å²) in [6, 6.07) is 9.04. The van der Waals surface area contributed by atoms with Crippen LogP contribution in [0.3, 0.4) is 0 Å². The van der Waals surface area contributed by atoms with Crippen LogP contribution >= 0.6 is 0 Å². The van der Waals surface area contributed by atoms with Crippen LogP contribution in [0.2, 0.25) is 0 Å². The molecule has 0 heterocycles. The highest BCUT2D eigenvalue weighted by molar-refractivity contribution is 7.89. The lowest BCUT2D eigenvalue weighted by Gasteiger charge is -2.14. The minimum atomic E-state index is -4.49. The zero-order valence-electron chi connectivity index (χ0n) is 13.6. The zero-order valence-corrected chi connectivity index (χ0v) is 14.4. The lowest BCUT2D eigenvalue weighted by Crippen LogP contribution is -2.28. The topological polar surface area (TPSA) is 83.5 Å². The number of carbonyl (C=O) groups excluding carboxylic acids is 1. The van der Waals surface area contributed by atoms with Gasteiger partial charge in [0, 0.05) is 12.1 Å². The number of sulfonamides is 1. The molecular formula is C17H16F3NO4S. The molecule has 0 aliphatic rings. The third-order valence-electron chi connectivity index (χ3n) is 3.66. The average Bonchev–Trinajstić information content (AvgIpc) is 2.59. The molecule has 0 bridgehead atoms. The lowest BCUT2D eigenvalue weighted by molar-refractivity contribution is -0.137. The van der Waals surface area contributed by atoms with E-state index in [2.05, 4.69) is 4.72 Å². The first-order valence-corrected chi connectivity index (χ1v) is 8.95. The number of nitrogens with one attached hydrogen (secondary N) is 1.